The smallest absolute Gasteiger partial charge is 0.280 e. The molecule has 0 aliphatic carbocycles. The van der Waals surface area contributed by atoms with E-state index in [4.69, 9.17) is 4.74 Å². The number of hydrogen-bond donors (Lipinski definition) is 0. The third kappa shape index (κ3) is 3.24. The molecule has 2 aromatic rings. The first kappa shape index (κ1) is 18.2. The molecule has 0 saturated carbocycles. The molecule has 0 radical (unpaired) electrons. The first-order chi connectivity index (χ1) is 13.6. The lowest BCUT2D eigenvalue weighted by Gasteiger charge is -2.35. The van der Waals surface area contributed by atoms with Gasteiger partial charge in [0.05, 0.1) is 19.1 Å². The molecule has 2 aliphatic heterocycles. The maximum absolute atomic E-state index is 12.6. The van der Waals surface area contributed by atoms with Gasteiger partial charge in [0.2, 0.25) is 5.91 Å². The number of carbonyl (C=O) groups is 3. The zero-order chi connectivity index (χ0) is 19.7. The van der Waals surface area contributed by atoms with E-state index in [0.717, 1.165) is 11.3 Å². The van der Waals surface area contributed by atoms with Crippen LogP contribution >= 0.6 is 0 Å². The molecule has 7 heteroatoms. The van der Waals surface area contributed by atoms with Crippen molar-refractivity contribution < 1.29 is 19.1 Å². The number of pyridine rings is 1. The summed E-state index contributed by atoms with van der Waals surface area (Å²) in [6, 6.07) is 10.5. The van der Waals surface area contributed by atoms with Gasteiger partial charge in [0, 0.05) is 25.3 Å². The minimum atomic E-state index is -0.330. The van der Waals surface area contributed by atoms with Crippen LogP contribution in [0.2, 0.25) is 0 Å². The van der Waals surface area contributed by atoms with Crippen LogP contribution in [0, 0.1) is 0 Å². The van der Waals surface area contributed by atoms with Crippen LogP contribution in [0.15, 0.2) is 42.6 Å². The molecule has 3 heterocycles. The Morgan fingerprint density at radius 2 is 1.82 bits per heavy atom. The van der Waals surface area contributed by atoms with Crippen molar-refractivity contribution in [1.29, 1.82) is 0 Å². The number of aromatic nitrogens is 1. The minimum absolute atomic E-state index is 0.0487. The molecule has 0 atom stereocenters. The quantitative estimate of drug-likeness (QED) is 0.759. The second kappa shape index (κ2) is 7.42. The molecule has 2 aliphatic rings. The number of fused-ring (bicyclic) bond motifs is 1. The molecule has 144 valence electrons. The summed E-state index contributed by atoms with van der Waals surface area (Å²) in [6.07, 6.45) is 3.01. The number of likely N-dealkylation sites (tertiary alicyclic amines) is 1. The Balaban J connectivity index is 1.36. The van der Waals surface area contributed by atoms with Crippen LogP contribution < -0.4 is 4.74 Å². The summed E-state index contributed by atoms with van der Waals surface area (Å²) < 4.78 is 5.13. The summed E-state index contributed by atoms with van der Waals surface area (Å²) in [5.41, 5.74) is 1.52. The van der Waals surface area contributed by atoms with Gasteiger partial charge in [0.25, 0.3) is 11.8 Å². The fourth-order valence-electron chi connectivity index (χ4n) is 3.82. The molecule has 4 rings (SSSR count). The van der Waals surface area contributed by atoms with Crippen LogP contribution in [0.1, 0.15) is 39.3 Å². The van der Waals surface area contributed by atoms with Gasteiger partial charge in [0.1, 0.15) is 11.4 Å². The second-order valence-corrected chi connectivity index (χ2v) is 7.02. The maximum atomic E-state index is 12.6. The number of amides is 3. The highest BCUT2D eigenvalue weighted by atomic mass is 16.5. The van der Waals surface area contributed by atoms with Gasteiger partial charge in [0.15, 0.2) is 0 Å². The number of piperidine rings is 1. The molecule has 28 heavy (non-hydrogen) atoms. The zero-order valence-electron chi connectivity index (χ0n) is 15.6. The molecule has 0 spiro atoms. The highest BCUT2D eigenvalue weighted by molar-refractivity contribution is 6.20. The predicted molar refractivity (Wildman–Crippen MR) is 101 cm³/mol. The van der Waals surface area contributed by atoms with Gasteiger partial charge in [-0.25, -0.2) is 0 Å². The van der Waals surface area contributed by atoms with E-state index < -0.39 is 0 Å². The monoisotopic (exact) mass is 379 g/mol. The van der Waals surface area contributed by atoms with Crippen LogP contribution in [0.3, 0.4) is 0 Å². The van der Waals surface area contributed by atoms with Gasteiger partial charge < -0.3 is 9.64 Å². The zero-order valence-corrected chi connectivity index (χ0v) is 15.6. The van der Waals surface area contributed by atoms with Crippen molar-refractivity contribution in [3.05, 3.63) is 59.4 Å². The summed E-state index contributed by atoms with van der Waals surface area (Å²) in [5, 5.41) is 0. The second-order valence-electron chi connectivity index (χ2n) is 7.02. The number of hydrogen-bond acceptors (Lipinski definition) is 5. The van der Waals surface area contributed by atoms with E-state index >= 15 is 0 Å². The fraction of sp³-hybridized carbons (Fsp3) is 0.333. The summed E-state index contributed by atoms with van der Waals surface area (Å²) in [6.45, 7) is 1.06. The molecule has 3 amide bonds. The van der Waals surface area contributed by atoms with E-state index in [1.807, 2.05) is 24.3 Å². The Kier molecular flexibility index (Phi) is 4.81. The van der Waals surface area contributed by atoms with E-state index in [0.29, 0.717) is 37.9 Å². The molecular weight excluding hydrogens is 358 g/mol. The number of carbonyl (C=O) groups excluding carboxylic acids is 3. The number of imide groups is 1. The van der Waals surface area contributed by atoms with Crippen molar-refractivity contribution in [3.63, 3.8) is 0 Å². The molecule has 0 bridgehead atoms. The minimum Gasteiger partial charge on any atom is -0.497 e. The van der Waals surface area contributed by atoms with Gasteiger partial charge >= 0.3 is 0 Å². The summed E-state index contributed by atoms with van der Waals surface area (Å²) in [4.78, 5) is 44.9. The molecule has 1 aromatic carbocycles. The van der Waals surface area contributed by atoms with Crippen molar-refractivity contribution in [2.45, 2.75) is 25.3 Å². The number of ether oxygens (including phenoxy) is 1. The predicted octanol–water partition coefficient (Wildman–Crippen LogP) is 1.92. The van der Waals surface area contributed by atoms with Crippen molar-refractivity contribution >= 4 is 17.7 Å². The number of rotatable bonds is 4. The van der Waals surface area contributed by atoms with Crippen LogP contribution in [-0.2, 0) is 11.2 Å². The summed E-state index contributed by atoms with van der Waals surface area (Å²) in [5.74, 6) is 0.194. The number of nitrogens with zero attached hydrogens (tertiary/aromatic N) is 3. The van der Waals surface area contributed by atoms with E-state index in [9.17, 15) is 14.4 Å². The standard InChI is InChI=1S/C21H21N3O4/c1-28-16-6-4-14(5-7-16)13-18(25)23-11-8-15(9-12-23)24-20(26)17-3-2-10-22-19(17)21(24)27/h2-7,10,15H,8-9,11-13H2,1H3. The highest BCUT2D eigenvalue weighted by Gasteiger charge is 2.42. The third-order valence-corrected chi connectivity index (χ3v) is 5.38. The molecule has 1 fully saturated rings. The summed E-state index contributed by atoms with van der Waals surface area (Å²) in [7, 11) is 1.61. The lowest BCUT2D eigenvalue weighted by atomic mass is 10.0. The Bertz CT molecular complexity index is 883. The first-order valence-corrected chi connectivity index (χ1v) is 9.32. The normalized spacial score (nSPS) is 17.0. The van der Waals surface area contributed by atoms with Crippen LogP contribution in [0.25, 0.3) is 0 Å². The fourth-order valence-corrected chi connectivity index (χ4v) is 3.82. The van der Waals surface area contributed by atoms with Crippen molar-refractivity contribution in [2.24, 2.45) is 0 Å². The van der Waals surface area contributed by atoms with Gasteiger partial charge in [-0.2, -0.15) is 0 Å². The maximum Gasteiger partial charge on any atom is 0.280 e. The molecule has 1 aromatic heterocycles. The average molecular weight is 379 g/mol. The van der Waals surface area contributed by atoms with Gasteiger partial charge in [-0.05, 0) is 42.7 Å². The Morgan fingerprint density at radius 3 is 2.46 bits per heavy atom. The Morgan fingerprint density at radius 1 is 1.11 bits per heavy atom. The topological polar surface area (TPSA) is 79.8 Å². The van der Waals surface area contributed by atoms with Gasteiger partial charge in [-0.3, -0.25) is 24.3 Å². The van der Waals surface area contributed by atoms with Gasteiger partial charge in [-0.1, -0.05) is 12.1 Å². The Hall–Kier alpha value is -3.22. The van der Waals surface area contributed by atoms with E-state index in [1.54, 1.807) is 24.1 Å². The summed E-state index contributed by atoms with van der Waals surface area (Å²) >= 11 is 0. The van der Waals surface area contributed by atoms with E-state index in [1.165, 1.54) is 11.1 Å². The first-order valence-electron chi connectivity index (χ1n) is 9.32. The highest BCUT2D eigenvalue weighted by Crippen LogP contribution is 2.27. The lowest BCUT2D eigenvalue weighted by Crippen LogP contribution is -2.49. The molecular formula is C21H21N3O4. The molecule has 1 saturated heterocycles. The van der Waals surface area contributed by atoms with Crippen molar-refractivity contribution in [1.82, 2.24) is 14.8 Å². The van der Waals surface area contributed by atoms with Crippen molar-refractivity contribution in [2.75, 3.05) is 20.2 Å². The largest absolute Gasteiger partial charge is 0.497 e. The number of methoxy groups -OCH3 is 1. The van der Waals surface area contributed by atoms with Gasteiger partial charge in [-0.15, -0.1) is 0 Å². The third-order valence-electron chi connectivity index (χ3n) is 5.38. The van der Waals surface area contributed by atoms with E-state index in [-0.39, 0.29) is 29.5 Å². The Labute approximate surface area is 162 Å². The molecule has 0 N–H and O–H groups in total. The van der Waals surface area contributed by atoms with E-state index in [2.05, 4.69) is 4.98 Å². The van der Waals surface area contributed by atoms with Crippen LogP contribution in [0.5, 0.6) is 5.75 Å². The molecule has 7 nitrogen and oxygen atoms in total. The lowest BCUT2D eigenvalue weighted by molar-refractivity contribution is -0.131. The SMILES string of the molecule is COc1ccc(CC(=O)N2CCC(N3C(=O)c4cccnc4C3=O)CC2)cc1. The van der Waals surface area contributed by atoms with Crippen LogP contribution in [-0.4, -0.2) is 58.7 Å². The van der Waals surface area contributed by atoms with Crippen molar-refractivity contribution in [3.8, 4) is 5.75 Å². The average Bonchev–Trinajstić information content (AvgIpc) is 2.99. The molecule has 0 unspecified atom stereocenters. The van der Waals surface area contributed by atoms with Crippen LogP contribution in [0.4, 0.5) is 0 Å². The number of benzene rings is 1.